The van der Waals surface area contributed by atoms with E-state index in [4.69, 9.17) is 0 Å². The molecule has 17 heavy (non-hydrogen) atoms. The van der Waals surface area contributed by atoms with Crippen molar-refractivity contribution in [2.75, 3.05) is 13.1 Å². The van der Waals surface area contributed by atoms with Gasteiger partial charge in [-0.25, -0.2) is 0 Å². The molecule has 1 saturated heterocycles. The van der Waals surface area contributed by atoms with Gasteiger partial charge >= 0.3 is 0 Å². The number of hydrogen-bond donors (Lipinski definition) is 0. The molecule has 1 heterocycles. The summed E-state index contributed by atoms with van der Waals surface area (Å²) in [6, 6.07) is 0. The molecule has 0 aromatic rings. The van der Waals surface area contributed by atoms with Crippen molar-refractivity contribution in [1.29, 1.82) is 0 Å². The van der Waals surface area contributed by atoms with Gasteiger partial charge in [-0.1, -0.05) is 40.2 Å². The molecule has 1 heteroatoms. The van der Waals surface area contributed by atoms with Gasteiger partial charge in [0.25, 0.3) is 0 Å². The lowest BCUT2D eigenvalue weighted by atomic mass is 9.89. The van der Waals surface area contributed by atoms with Gasteiger partial charge in [-0.05, 0) is 24.7 Å². The van der Waals surface area contributed by atoms with Crippen LogP contribution >= 0.6 is 0 Å². The minimum atomic E-state index is 0.343. The van der Waals surface area contributed by atoms with Gasteiger partial charge in [0.2, 0.25) is 0 Å². The zero-order chi connectivity index (χ0) is 12.9. The molecule has 0 radical (unpaired) electrons. The van der Waals surface area contributed by atoms with E-state index in [9.17, 15) is 0 Å². The predicted molar refractivity (Wildman–Crippen MR) is 75.6 cm³/mol. The van der Waals surface area contributed by atoms with Crippen LogP contribution < -0.4 is 0 Å². The summed E-state index contributed by atoms with van der Waals surface area (Å²) in [5.74, 6) is 7.20. The third-order valence-corrected chi connectivity index (χ3v) is 3.16. The van der Waals surface area contributed by atoms with E-state index in [1.165, 1.54) is 18.5 Å². The molecule has 96 valence electrons. The highest BCUT2D eigenvalue weighted by molar-refractivity contribution is 5.06. The smallest absolute Gasteiger partial charge is 0.0236 e. The summed E-state index contributed by atoms with van der Waals surface area (Å²) < 4.78 is 0. The fourth-order valence-corrected chi connectivity index (χ4v) is 2.31. The van der Waals surface area contributed by atoms with Crippen LogP contribution in [0.3, 0.4) is 0 Å². The fourth-order valence-electron chi connectivity index (χ4n) is 2.31. The minimum absolute atomic E-state index is 0.343. The summed E-state index contributed by atoms with van der Waals surface area (Å²) in [7, 11) is 0. The third kappa shape index (κ3) is 5.31. The van der Waals surface area contributed by atoms with E-state index in [0.29, 0.717) is 11.3 Å². The number of allylic oxidation sites excluding steroid dienone is 1. The van der Waals surface area contributed by atoms with Gasteiger partial charge < -0.3 is 4.90 Å². The summed E-state index contributed by atoms with van der Waals surface area (Å²) in [6.45, 7) is 15.5. The van der Waals surface area contributed by atoms with Crippen LogP contribution in [-0.2, 0) is 0 Å². The SMILES string of the molecule is C=C(CC(C)(C)C)N1CCC(C#CCC)CC1. The molecule has 0 aromatic heterocycles. The van der Waals surface area contributed by atoms with Crippen molar-refractivity contribution in [3.8, 4) is 11.8 Å². The van der Waals surface area contributed by atoms with E-state index >= 15 is 0 Å². The fraction of sp³-hybridized carbons (Fsp3) is 0.750. The number of likely N-dealkylation sites (tertiary alicyclic amines) is 1. The zero-order valence-corrected chi connectivity index (χ0v) is 12.0. The monoisotopic (exact) mass is 233 g/mol. The van der Waals surface area contributed by atoms with Crippen molar-refractivity contribution >= 4 is 0 Å². The van der Waals surface area contributed by atoms with E-state index in [0.717, 1.165) is 25.9 Å². The number of hydrogen-bond acceptors (Lipinski definition) is 1. The summed E-state index contributed by atoms with van der Waals surface area (Å²) in [6.07, 6.45) is 4.49. The van der Waals surface area contributed by atoms with Crippen LogP contribution in [0, 0.1) is 23.2 Å². The predicted octanol–water partition coefficient (Wildman–Crippen LogP) is 4.06. The average Bonchev–Trinajstić information content (AvgIpc) is 2.24. The van der Waals surface area contributed by atoms with Crippen molar-refractivity contribution in [2.24, 2.45) is 11.3 Å². The number of piperidine rings is 1. The standard InChI is InChI=1S/C16H27N/c1-6-7-8-15-9-11-17(12-10-15)14(2)13-16(3,4)5/h15H,2,6,9-13H2,1,3-5H3. The third-order valence-electron chi connectivity index (χ3n) is 3.16. The first-order valence-corrected chi connectivity index (χ1v) is 6.83. The van der Waals surface area contributed by atoms with Gasteiger partial charge in [0.15, 0.2) is 0 Å². The first kappa shape index (κ1) is 14.2. The molecule has 1 aliphatic rings. The quantitative estimate of drug-likeness (QED) is 0.650. The Balaban J connectivity index is 2.39. The average molecular weight is 233 g/mol. The van der Waals surface area contributed by atoms with Crippen LogP contribution in [0.5, 0.6) is 0 Å². The Bertz CT molecular complexity index is 303. The van der Waals surface area contributed by atoms with Crippen LogP contribution in [0.2, 0.25) is 0 Å². The van der Waals surface area contributed by atoms with Gasteiger partial charge in [-0.15, -0.1) is 5.92 Å². The highest BCUT2D eigenvalue weighted by Gasteiger charge is 2.21. The lowest BCUT2D eigenvalue weighted by molar-refractivity contribution is 0.230. The molecule has 0 aromatic carbocycles. The largest absolute Gasteiger partial charge is 0.375 e. The maximum absolute atomic E-state index is 4.24. The second-order valence-corrected chi connectivity index (χ2v) is 6.24. The molecule has 0 atom stereocenters. The number of rotatable bonds is 2. The Hall–Kier alpha value is -0.900. The van der Waals surface area contributed by atoms with Gasteiger partial charge in [-0.3, -0.25) is 0 Å². The topological polar surface area (TPSA) is 3.24 Å². The van der Waals surface area contributed by atoms with Gasteiger partial charge in [0, 0.05) is 31.1 Å². The van der Waals surface area contributed by atoms with Crippen LogP contribution in [0.25, 0.3) is 0 Å². The zero-order valence-electron chi connectivity index (χ0n) is 12.0. The Morgan fingerprint density at radius 2 is 1.88 bits per heavy atom. The summed E-state index contributed by atoms with van der Waals surface area (Å²) >= 11 is 0. The van der Waals surface area contributed by atoms with E-state index in [2.05, 4.69) is 51.0 Å². The Morgan fingerprint density at radius 3 is 2.35 bits per heavy atom. The summed E-state index contributed by atoms with van der Waals surface area (Å²) in [5, 5.41) is 0. The van der Waals surface area contributed by atoms with Crippen molar-refractivity contribution in [3.63, 3.8) is 0 Å². The van der Waals surface area contributed by atoms with Gasteiger partial charge in [-0.2, -0.15) is 0 Å². The van der Waals surface area contributed by atoms with Crippen LogP contribution in [0.4, 0.5) is 0 Å². The first-order chi connectivity index (χ1) is 7.92. The van der Waals surface area contributed by atoms with E-state index < -0.39 is 0 Å². The van der Waals surface area contributed by atoms with Crippen molar-refractivity contribution < 1.29 is 0 Å². The van der Waals surface area contributed by atoms with Crippen LogP contribution in [0.1, 0.15) is 53.4 Å². The Morgan fingerprint density at radius 1 is 1.29 bits per heavy atom. The molecule has 0 saturated carbocycles. The molecule has 1 aliphatic heterocycles. The molecule has 1 nitrogen and oxygen atoms in total. The second-order valence-electron chi connectivity index (χ2n) is 6.24. The molecule has 1 fully saturated rings. The van der Waals surface area contributed by atoms with Crippen molar-refractivity contribution in [3.05, 3.63) is 12.3 Å². The highest BCUT2D eigenvalue weighted by Crippen LogP contribution is 2.28. The maximum atomic E-state index is 4.24. The molecule has 1 rings (SSSR count). The van der Waals surface area contributed by atoms with Crippen LogP contribution in [0.15, 0.2) is 12.3 Å². The van der Waals surface area contributed by atoms with Gasteiger partial charge in [0.05, 0.1) is 0 Å². The molecule has 0 amide bonds. The molecule has 0 N–H and O–H groups in total. The molecular formula is C16H27N. The lowest BCUT2D eigenvalue weighted by Gasteiger charge is -2.35. The van der Waals surface area contributed by atoms with E-state index in [1.807, 2.05) is 0 Å². The van der Waals surface area contributed by atoms with E-state index in [-0.39, 0.29) is 0 Å². The highest BCUT2D eigenvalue weighted by atomic mass is 15.1. The molecule has 0 unspecified atom stereocenters. The Kier molecular flexibility index (Phi) is 5.12. The van der Waals surface area contributed by atoms with Crippen LogP contribution in [-0.4, -0.2) is 18.0 Å². The summed E-state index contributed by atoms with van der Waals surface area (Å²) in [4.78, 5) is 2.45. The summed E-state index contributed by atoms with van der Waals surface area (Å²) in [5.41, 5.74) is 1.65. The maximum Gasteiger partial charge on any atom is 0.0236 e. The number of nitrogens with zero attached hydrogens (tertiary/aromatic N) is 1. The van der Waals surface area contributed by atoms with E-state index in [1.54, 1.807) is 0 Å². The minimum Gasteiger partial charge on any atom is -0.375 e. The normalized spacial score (nSPS) is 17.5. The molecular weight excluding hydrogens is 206 g/mol. The van der Waals surface area contributed by atoms with Crippen molar-refractivity contribution in [1.82, 2.24) is 4.90 Å². The molecule has 0 spiro atoms. The molecule has 0 bridgehead atoms. The Labute approximate surface area is 107 Å². The first-order valence-electron chi connectivity index (χ1n) is 6.83. The second kappa shape index (κ2) is 6.15. The molecule has 0 aliphatic carbocycles. The van der Waals surface area contributed by atoms with Gasteiger partial charge in [0.1, 0.15) is 0 Å². The lowest BCUT2D eigenvalue weighted by Crippen LogP contribution is -2.33. The van der Waals surface area contributed by atoms with Crippen molar-refractivity contribution in [2.45, 2.75) is 53.4 Å².